The lowest BCUT2D eigenvalue weighted by molar-refractivity contribution is 0.0871. The molecule has 2 aromatic carbocycles. The van der Waals surface area contributed by atoms with Crippen LogP contribution in [0.2, 0.25) is 0 Å². The van der Waals surface area contributed by atoms with Crippen LogP contribution >= 0.6 is 0 Å². The molecule has 0 unspecified atom stereocenters. The summed E-state index contributed by atoms with van der Waals surface area (Å²) < 4.78 is 5.90. The second kappa shape index (κ2) is 9.98. The van der Waals surface area contributed by atoms with Crippen LogP contribution in [0.3, 0.4) is 0 Å². The topological polar surface area (TPSA) is 106 Å². The summed E-state index contributed by atoms with van der Waals surface area (Å²) in [5, 5.41) is 13.1. The highest BCUT2D eigenvalue weighted by Gasteiger charge is 2.38. The predicted molar refractivity (Wildman–Crippen MR) is 147 cm³/mol. The number of hydrogen-bond donors (Lipinski definition) is 3. The first kappa shape index (κ1) is 24.2. The number of benzene rings is 2. The average Bonchev–Trinajstić information content (AvgIpc) is 3.68. The molecule has 1 saturated carbocycles. The van der Waals surface area contributed by atoms with Gasteiger partial charge in [0.15, 0.2) is 17.2 Å². The summed E-state index contributed by atoms with van der Waals surface area (Å²) in [4.78, 5) is 30.8. The first-order valence-corrected chi connectivity index (χ1v) is 13.2. The van der Waals surface area contributed by atoms with Crippen LogP contribution in [0.4, 0.5) is 11.5 Å². The Labute approximate surface area is 221 Å². The maximum atomic E-state index is 13.2. The molecule has 0 radical (unpaired) electrons. The summed E-state index contributed by atoms with van der Waals surface area (Å²) in [7, 11) is 2.13. The molecule has 2 aromatic heterocycles. The highest BCUT2D eigenvalue weighted by Crippen LogP contribution is 2.39. The van der Waals surface area contributed by atoms with Gasteiger partial charge >= 0.3 is 0 Å². The zero-order valence-corrected chi connectivity index (χ0v) is 21.5. The minimum atomic E-state index is -0.398. The normalized spacial score (nSPS) is 17.6. The molecule has 1 aliphatic heterocycles. The minimum absolute atomic E-state index is 0.183. The van der Waals surface area contributed by atoms with Gasteiger partial charge in [0.1, 0.15) is 5.52 Å². The Bertz CT molecular complexity index is 1430. The molecule has 4 aromatic rings. The van der Waals surface area contributed by atoms with E-state index in [9.17, 15) is 9.59 Å². The molecule has 196 valence electrons. The quantitative estimate of drug-likeness (QED) is 0.355. The van der Waals surface area contributed by atoms with Crippen LogP contribution in [0.25, 0.3) is 11.1 Å². The number of aromatic nitrogens is 2. The van der Waals surface area contributed by atoms with Crippen molar-refractivity contribution in [2.24, 2.45) is 0 Å². The van der Waals surface area contributed by atoms with Crippen molar-refractivity contribution in [3.63, 3.8) is 0 Å². The molecule has 2 fully saturated rings. The third kappa shape index (κ3) is 4.65. The van der Waals surface area contributed by atoms with Gasteiger partial charge in [0, 0.05) is 43.5 Å². The number of anilines is 2. The zero-order chi connectivity index (χ0) is 26.1. The van der Waals surface area contributed by atoms with Crippen molar-refractivity contribution in [2.45, 2.75) is 31.2 Å². The first-order chi connectivity index (χ1) is 18.5. The summed E-state index contributed by atoms with van der Waals surface area (Å²) in [5.74, 6) is -0.134. The van der Waals surface area contributed by atoms with Crippen LogP contribution in [0.15, 0.2) is 65.1 Å². The van der Waals surface area contributed by atoms with E-state index in [0.29, 0.717) is 16.7 Å². The molecule has 0 spiro atoms. The number of hydrogen-bond acceptors (Lipinski definition) is 6. The number of aromatic amines is 1. The summed E-state index contributed by atoms with van der Waals surface area (Å²) in [5.41, 5.74) is 3.23. The van der Waals surface area contributed by atoms with Gasteiger partial charge < -0.3 is 24.9 Å². The van der Waals surface area contributed by atoms with Gasteiger partial charge in [0.05, 0.1) is 5.54 Å². The number of likely N-dealkylation sites (N-methyl/N-ethyl adjacent to an activating group) is 1. The van der Waals surface area contributed by atoms with Crippen molar-refractivity contribution in [2.75, 3.05) is 43.4 Å². The van der Waals surface area contributed by atoms with E-state index < -0.39 is 5.54 Å². The van der Waals surface area contributed by atoms with Gasteiger partial charge in [-0.15, -0.1) is 0 Å². The Balaban J connectivity index is 1.15. The monoisotopic (exact) mass is 512 g/mol. The summed E-state index contributed by atoms with van der Waals surface area (Å²) in [6, 6.07) is 19.3. The van der Waals surface area contributed by atoms with Crippen molar-refractivity contribution in [1.29, 1.82) is 0 Å². The van der Waals surface area contributed by atoms with Crippen LogP contribution in [0.5, 0.6) is 0 Å². The molecule has 0 bridgehead atoms. The van der Waals surface area contributed by atoms with E-state index in [1.54, 1.807) is 6.07 Å². The summed E-state index contributed by atoms with van der Waals surface area (Å²) >= 11 is 0. The molecule has 3 N–H and O–H groups in total. The molecule has 1 saturated heterocycles. The van der Waals surface area contributed by atoms with Crippen molar-refractivity contribution in [1.82, 2.24) is 20.4 Å². The number of H-pyrrole nitrogens is 1. The van der Waals surface area contributed by atoms with Gasteiger partial charge in [-0.2, -0.15) is 5.10 Å². The maximum Gasteiger partial charge on any atom is 0.287 e. The number of nitrogens with zero attached hydrogens (tertiary/aromatic N) is 3. The largest absolute Gasteiger partial charge is 0.445 e. The van der Waals surface area contributed by atoms with Crippen LogP contribution in [-0.4, -0.2) is 60.1 Å². The van der Waals surface area contributed by atoms with Gasteiger partial charge in [-0.1, -0.05) is 43.2 Å². The van der Waals surface area contributed by atoms with Gasteiger partial charge in [-0.05, 0) is 49.7 Å². The molecule has 3 heterocycles. The van der Waals surface area contributed by atoms with Crippen molar-refractivity contribution in [3.8, 4) is 0 Å². The van der Waals surface area contributed by atoms with Crippen LogP contribution < -0.4 is 15.5 Å². The molecule has 9 heteroatoms. The summed E-state index contributed by atoms with van der Waals surface area (Å²) in [6.07, 6.45) is 3.89. The van der Waals surface area contributed by atoms with E-state index >= 15 is 0 Å². The van der Waals surface area contributed by atoms with Crippen LogP contribution in [0, 0.1) is 0 Å². The Hall–Kier alpha value is -4.11. The molecule has 38 heavy (non-hydrogen) atoms. The van der Waals surface area contributed by atoms with Crippen molar-refractivity contribution in [3.05, 3.63) is 77.6 Å². The Kier molecular flexibility index (Phi) is 6.37. The first-order valence-electron chi connectivity index (χ1n) is 13.2. The van der Waals surface area contributed by atoms with E-state index in [1.807, 2.05) is 42.5 Å². The van der Waals surface area contributed by atoms with Gasteiger partial charge in [0.2, 0.25) is 0 Å². The number of carbonyl (C=O) groups is 2. The standard InChI is InChI=1S/C29H32N6O3/c1-34-15-17-35(18-16-34)22-11-9-20(10-12-22)27(36)30-26-25-23(32-33-26)19-24(38-25)28(37)31-29(13-5-6-14-29)21-7-3-2-4-8-21/h2-4,7-12,19H,5-6,13-18H2,1H3,(H,31,37)(H2,30,32,33,36). The van der Waals surface area contributed by atoms with Gasteiger partial charge in [-0.25, -0.2) is 0 Å². The van der Waals surface area contributed by atoms with E-state index in [-0.39, 0.29) is 23.4 Å². The highest BCUT2D eigenvalue weighted by atomic mass is 16.3. The minimum Gasteiger partial charge on any atom is -0.445 e. The Morgan fingerprint density at radius 3 is 2.37 bits per heavy atom. The number of fused-ring (bicyclic) bond motifs is 1. The molecule has 2 amide bonds. The fourth-order valence-corrected chi connectivity index (χ4v) is 5.58. The number of nitrogens with one attached hydrogen (secondary N) is 3. The number of rotatable bonds is 6. The Morgan fingerprint density at radius 1 is 0.947 bits per heavy atom. The number of amides is 2. The molecule has 0 atom stereocenters. The third-order valence-corrected chi connectivity index (χ3v) is 7.83. The number of carbonyl (C=O) groups excluding carboxylic acids is 2. The van der Waals surface area contributed by atoms with Crippen LogP contribution in [-0.2, 0) is 5.54 Å². The van der Waals surface area contributed by atoms with E-state index in [0.717, 1.165) is 63.1 Å². The van der Waals surface area contributed by atoms with Crippen molar-refractivity contribution >= 4 is 34.4 Å². The average molecular weight is 513 g/mol. The third-order valence-electron chi connectivity index (χ3n) is 7.83. The number of furan rings is 1. The molecule has 9 nitrogen and oxygen atoms in total. The highest BCUT2D eigenvalue weighted by molar-refractivity contribution is 6.07. The second-order valence-corrected chi connectivity index (χ2v) is 10.3. The molecule has 2 aliphatic rings. The van der Waals surface area contributed by atoms with E-state index in [1.165, 1.54) is 0 Å². The zero-order valence-electron chi connectivity index (χ0n) is 21.5. The van der Waals surface area contributed by atoms with E-state index in [4.69, 9.17) is 4.42 Å². The maximum absolute atomic E-state index is 13.2. The molecule has 1 aliphatic carbocycles. The fraction of sp³-hybridized carbons (Fsp3) is 0.345. The smallest absolute Gasteiger partial charge is 0.287 e. The van der Waals surface area contributed by atoms with Crippen molar-refractivity contribution < 1.29 is 14.0 Å². The molecule has 6 rings (SSSR count). The molecular weight excluding hydrogens is 480 g/mol. The second-order valence-electron chi connectivity index (χ2n) is 10.3. The van der Waals surface area contributed by atoms with Crippen LogP contribution in [0.1, 0.15) is 52.2 Å². The van der Waals surface area contributed by atoms with Gasteiger partial charge in [0.25, 0.3) is 11.8 Å². The lowest BCUT2D eigenvalue weighted by Gasteiger charge is -2.34. The SMILES string of the molecule is CN1CCN(c2ccc(C(=O)Nc3n[nH]c4cc(C(=O)NC5(c6ccccc6)CCCC5)oc34)cc2)CC1. The lowest BCUT2D eigenvalue weighted by Crippen LogP contribution is -2.44. The predicted octanol–water partition coefficient (Wildman–Crippen LogP) is 4.36. The Morgan fingerprint density at radius 2 is 1.66 bits per heavy atom. The number of piperazine rings is 1. The summed E-state index contributed by atoms with van der Waals surface area (Å²) in [6.45, 7) is 3.98. The van der Waals surface area contributed by atoms with E-state index in [2.05, 4.69) is 49.8 Å². The van der Waals surface area contributed by atoms with Gasteiger partial charge in [-0.3, -0.25) is 14.7 Å². The fourth-order valence-electron chi connectivity index (χ4n) is 5.58. The molecular formula is C29H32N6O3. The lowest BCUT2D eigenvalue weighted by atomic mass is 9.88.